The van der Waals surface area contributed by atoms with E-state index in [1.807, 2.05) is 11.0 Å². The van der Waals surface area contributed by atoms with Gasteiger partial charge in [0.05, 0.1) is 29.3 Å². The molecule has 0 radical (unpaired) electrons. The Hall–Kier alpha value is -2.51. The Kier molecular flexibility index (Phi) is 7.53. The third-order valence-electron chi connectivity index (χ3n) is 7.37. The van der Waals surface area contributed by atoms with E-state index in [4.69, 9.17) is 37.4 Å². The van der Waals surface area contributed by atoms with Crippen molar-refractivity contribution in [1.29, 1.82) is 0 Å². The van der Waals surface area contributed by atoms with E-state index in [1.165, 1.54) is 7.11 Å². The molecule has 0 spiro atoms. The predicted molar refractivity (Wildman–Crippen MR) is 136 cm³/mol. The normalized spacial score (nSPS) is 27.5. The third kappa shape index (κ3) is 4.51. The van der Waals surface area contributed by atoms with Crippen molar-refractivity contribution in [1.82, 2.24) is 4.90 Å². The van der Waals surface area contributed by atoms with Crippen molar-refractivity contribution in [3.05, 3.63) is 44.9 Å². The zero-order chi connectivity index (χ0) is 27.3. The fourth-order valence-corrected chi connectivity index (χ4v) is 5.63. The maximum absolute atomic E-state index is 13.2. The molecule has 2 saturated heterocycles. The Labute approximate surface area is 228 Å². The maximum Gasteiger partial charge on any atom is 0.339 e. The van der Waals surface area contributed by atoms with Gasteiger partial charge in [-0.15, -0.1) is 0 Å². The molecule has 2 aromatic rings. The van der Waals surface area contributed by atoms with Gasteiger partial charge in [0.2, 0.25) is 5.75 Å². The lowest BCUT2D eigenvalue weighted by Crippen LogP contribution is -2.58. The average Bonchev–Trinajstić information content (AvgIpc) is 2.91. The number of carbonyl (C=O) groups excluding carboxylic acids is 1. The van der Waals surface area contributed by atoms with Crippen LogP contribution in [-0.4, -0.2) is 101 Å². The van der Waals surface area contributed by atoms with Crippen LogP contribution in [0.2, 0.25) is 10.0 Å². The second-order valence-corrected chi connectivity index (χ2v) is 10.3. The van der Waals surface area contributed by atoms with Crippen LogP contribution < -0.4 is 9.64 Å². The minimum atomic E-state index is -1.57. The third-order valence-corrected chi connectivity index (χ3v) is 8.11. The number of hydrogen-bond donors (Lipinski definition) is 5. The number of esters is 1. The van der Waals surface area contributed by atoms with Gasteiger partial charge in [-0.2, -0.15) is 0 Å². The molecule has 0 saturated carbocycles. The molecule has 3 aliphatic rings. The Bertz CT molecular complexity index is 1240. The van der Waals surface area contributed by atoms with Crippen LogP contribution in [-0.2, 0) is 16.0 Å². The number of aromatic hydroxyl groups is 2. The summed E-state index contributed by atoms with van der Waals surface area (Å²) >= 11 is 12.2. The fraction of sp³-hybridized carbons (Fsp3) is 0.480. The van der Waals surface area contributed by atoms with Crippen molar-refractivity contribution < 1.29 is 44.5 Å². The number of rotatable bonds is 5. The first-order valence-electron chi connectivity index (χ1n) is 12.1. The molecule has 5 atom stereocenters. The highest BCUT2D eigenvalue weighted by molar-refractivity contribution is 6.42. The van der Waals surface area contributed by atoms with Crippen LogP contribution in [0.4, 0.5) is 5.69 Å². The van der Waals surface area contributed by atoms with Crippen LogP contribution in [0, 0.1) is 0 Å². The van der Waals surface area contributed by atoms with Gasteiger partial charge in [0, 0.05) is 49.5 Å². The molecule has 3 aliphatic heterocycles. The molecule has 206 valence electrons. The molecule has 3 heterocycles. The first-order valence-corrected chi connectivity index (χ1v) is 12.8. The van der Waals surface area contributed by atoms with E-state index in [9.17, 15) is 30.3 Å². The number of benzene rings is 2. The van der Waals surface area contributed by atoms with Gasteiger partial charge in [-0.1, -0.05) is 23.2 Å². The lowest BCUT2D eigenvalue weighted by Gasteiger charge is -2.45. The molecule has 0 amide bonds. The maximum atomic E-state index is 13.2. The van der Waals surface area contributed by atoms with Gasteiger partial charge in [-0.25, -0.2) is 4.79 Å². The van der Waals surface area contributed by atoms with Gasteiger partial charge in [-0.3, -0.25) is 4.90 Å². The zero-order valence-corrected chi connectivity index (χ0v) is 21.9. The van der Waals surface area contributed by atoms with E-state index in [0.29, 0.717) is 36.2 Å². The number of phenols is 2. The van der Waals surface area contributed by atoms with Crippen molar-refractivity contribution in [3.8, 4) is 17.2 Å². The summed E-state index contributed by atoms with van der Waals surface area (Å²) in [6.07, 6.45) is -6.82. The molecule has 0 aromatic heterocycles. The highest BCUT2D eigenvalue weighted by atomic mass is 35.5. The number of fused-ring (bicyclic) bond motifs is 3. The largest absolute Gasteiger partial charge is 0.504 e. The number of methoxy groups -OCH3 is 1. The number of halogens is 2. The molecule has 5 rings (SSSR count). The minimum absolute atomic E-state index is 0.0326. The van der Waals surface area contributed by atoms with Gasteiger partial charge in [0.25, 0.3) is 0 Å². The molecule has 2 fully saturated rings. The van der Waals surface area contributed by atoms with Crippen LogP contribution >= 0.6 is 23.2 Å². The summed E-state index contributed by atoms with van der Waals surface area (Å²) in [5.41, 5.74) is 0.962. The number of aliphatic hydroxyl groups excluding tert-OH is 3. The zero-order valence-electron chi connectivity index (χ0n) is 20.4. The molecule has 0 bridgehead atoms. The number of anilines is 1. The van der Waals surface area contributed by atoms with E-state index < -0.39 is 54.6 Å². The van der Waals surface area contributed by atoms with Crippen LogP contribution in [0.15, 0.2) is 18.2 Å². The first kappa shape index (κ1) is 27.1. The number of aliphatic hydroxyl groups is 3. The van der Waals surface area contributed by atoms with Crippen molar-refractivity contribution in [2.75, 3.05) is 44.8 Å². The Balaban J connectivity index is 1.46. The average molecular weight is 571 g/mol. The number of phenolic OH excluding ortho intramolecular Hbond substituents is 2. The Morgan fingerprint density at radius 2 is 1.76 bits per heavy atom. The number of carbonyl (C=O) groups is 1. The van der Waals surface area contributed by atoms with Gasteiger partial charge in [-0.05, 0) is 18.2 Å². The summed E-state index contributed by atoms with van der Waals surface area (Å²) in [5, 5.41) is 53.4. The lowest BCUT2D eigenvalue weighted by atomic mass is 9.84. The summed E-state index contributed by atoms with van der Waals surface area (Å²) in [4.78, 5) is 17.3. The van der Waals surface area contributed by atoms with Gasteiger partial charge < -0.3 is 44.6 Å². The molecule has 13 heteroatoms. The van der Waals surface area contributed by atoms with Crippen molar-refractivity contribution >= 4 is 34.9 Å². The van der Waals surface area contributed by atoms with Gasteiger partial charge >= 0.3 is 5.97 Å². The quantitative estimate of drug-likeness (QED) is 0.332. The summed E-state index contributed by atoms with van der Waals surface area (Å²) < 4.78 is 16.5. The number of hydrogen-bond acceptors (Lipinski definition) is 11. The topological polar surface area (TPSA) is 152 Å². The Morgan fingerprint density at radius 3 is 2.39 bits per heavy atom. The summed E-state index contributed by atoms with van der Waals surface area (Å²) in [6.45, 7) is 1.94. The number of nitrogens with zero attached hydrogens (tertiary/aromatic N) is 2. The van der Waals surface area contributed by atoms with Crippen LogP contribution in [0.5, 0.6) is 17.2 Å². The highest BCUT2D eigenvalue weighted by Crippen LogP contribution is 2.52. The van der Waals surface area contributed by atoms with Crippen molar-refractivity contribution in [2.24, 2.45) is 0 Å². The van der Waals surface area contributed by atoms with Crippen LogP contribution in [0.1, 0.15) is 27.6 Å². The van der Waals surface area contributed by atoms with Gasteiger partial charge in [0.1, 0.15) is 24.4 Å². The van der Waals surface area contributed by atoms with Crippen LogP contribution in [0.3, 0.4) is 0 Å². The summed E-state index contributed by atoms with van der Waals surface area (Å²) in [5.74, 6) is -2.11. The number of ether oxygens (including phenoxy) is 3. The molecule has 2 unspecified atom stereocenters. The smallest absolute Gasteiger partial charge is 0.339 e. The highest BCUT2D eigenvalue weighted by Gasteiger charge is 2.53. The monoisotopic (exact) mass is 570 g/mol. The molecular formula is C25H28Cl2N2O9. The molecule has 11 nitrogen and oxygen atoms in total. The second kappa shape index (κ2) is 10.6. The van der Waals surface area contributed by atoms with E-state index in [2.05, 4.69) is 4.90 Å². The minimum Gasteiger partial charge on any atom is -0.504 e. The van der Waals surface area contributed by atoms with E-state index >= 15 is 0 Å². The molecular weight excluding hydrogens is 543 g/mol. The van der Waals surface area contributed by atoms with Gasteiger partial charge in [0.15, 0.2) is 17.6 Å². The molecule has 2 aromatic carbocycles. The Morgan fingerprint density at radius 1 is 1.05 bits per heavy atom. The second-order valence-electron chi connectivity index (χ2n) is 9.49. The lowest BCUT2D eigenvalue weighted by molar-refractivity contribution is -0.235. The molecule has 0 aliphatic carbocycles. The van der Waals surface area contributed by atoms with E-state index in [1.54, 1.807) is 12.1 Å². The summed E-state index contributed by atoms with van der Waals surface area (Å²) in [7, 11) is 1.26. The molecule has 38 heavy (non-hydrogen) atoms. The van der Waals surface area contributed by atoms with Crippen LogP contribution in [0.25, 0.3) is 0 Å². The van der Waals surface area contributed by atoms with Crippen molar-refractivity contribution in [2.45, 2.75) is 37.1 Å². The summed E-state index contributed by atoms with van der Waals surface area (Å²) in [6, 6.07) is 5.43. The molecule has 5 N–H and O–H groups in total. The predicted octanol–water partition coefficient (Wildman–Crippen LogP) is 1.43. The first-order chi connectivity index (χ1) is 18.2. The van der Waals surface area contributed by atoms with E-state index in [-0.39, 0.29) is 29.0 Å². The standard InChI is InChI=1S/C25H28Cl2N2O9/c1-36-23-18(31)12(9-28-4-6-29(7-5-28)11-2-3-13(26)14(27)8-11)16-17(20(23)33)22-24(38-25(16)35)21(34)19(32)15(10-30)37-22/h2-3,8,15,19,21-22,24,30-34H,4-7,9-10H2,1H3/t15-,19-,21+,22?,24?/m1/s1. The fourth-order valence-electron chi connectivity index (χ4n) is 5.33. The van der Waals surface area contributed by atoms with E-state index in [0.717, 1.165) is 5.69 Å². The SMILES string of the molecule is COc1c(O)c(CN2CCN(c3ccc(Cl)c(Cl)c3)CC2)c2c(c1O)C1O[C@H](CO)[C@@H](O)[C@H](O)C1OC2=O. The van der Waals surface area contributed by atoms with Crippen molar-refractivity contribution in [3.63, 3.8) is 0 Å². The number of piperazine rings is 1.